The number of halogens is 1. The van der Waals surface area contributed by atoms with E-state index in [2.05, 4.69) is 15.1 Å². The van der Waals surface area contributed by atoms with Crippen LogP contribution in [0.15, 0.2) is 74.8 Å². The Morgan fingerprint density at radius 2 is 1.83 bits per heavy atom. The number of nitrogens with zero attached hydrogens (tertiary/aromatic N) is 3. The van der Waals surface area contributed by atoms with Crippen molar-refractivity contribution in [3.05, 3.63) is 92.9 Å². The molecule has 10 heteroatoms. The first-order valence-electron chi connectivity index (χ1n) is 11.1. The third kappa shape index (κ3) is 4.24. The fraction of sp³-hybridized carbons (Fsp3) is 0.154. The van der Waals surface area contributed by atoms with E-state index in [9.17, 15) is 14.0 Å². The molecular formula is C26H21FN4O5. The lowest BCUT2D eigenvalue weighted by Gasteiger charge is -2.09. The molecule has 0 saturated carbocycles. The van der Waals surface area contributed by atoms with Crippen LogP contribution in [0.5, 0.6) is 11.5 Å². The molecule has 0 aliphatic rings. The van der Waals surface area contributed by atoms with Gasteiger partial charge in [-0.15, -0.1) is 0 Å². The molecule has 0 fully saturated rings. The predicted molar refractivity (Wildman–Crippen MR) is 131 cm³/mol. The Morgan fingerprint density at radius 1 is 1.03 bits per heavy atom. The van der Waals surface area contributed by atoms with E-state index in [1.165, 1.54) is 12.1 Å². The van der Waals surface area contributed by atoms with E-state index in [-0.39, 0.29) is 23.4 Å². The summed E-state index contributed by atoms with van der Waals surface area (Å²) in [6.45, 7) is 2.20. The Labute approximate surface area is 203 Å². The van der Waals surface area contributed by atoms with Crippen LogP contribution >= 0.6 is 0 Å². The zero-order valence-electron chi connectivity index (χ0n) is 19.4. The van der Waals surface area contributed by atoms with Crippen molar-refractivity contribution in [3.8, 4) is 34.3 Å². The summed E-state index contributed by atoms with van der Waals surface area (Å²) in [5.41, 5.74) is 0.536. The van der Waals surface area contributed by atoms with Crippen molar-refractivity contribution in [1.82, 2.24) is 19.7 Å². The van der Waals surface area contributed by atoms with E-state index in [0.29, 0.717) is 40.6 Å². The van der Waals surface area contributed by atoms with Crippen LogP contribution in [0.2, 0.25) is 0 Å². The predicted octanol–water partition coefficient (Wildman–Crippen LogP) is 4.00. The Balaban J connectivity index is 1.49. The first-order valence-corrected chi connectivity index (χ1v) is 11.1. The van der Waals surface area contributed by atoms with Gasteiger partial charge in [0.05, 0.1) is 31.2 Å². The van der Waals surface area contributed by atoms with Gasteiger partial charge in [0.2, 0.25) is 5.82 Å². The molecular weight excluding hydrogens is 467 g/mol. The zero-order chi connectivity index (χ0) is 25.2. The molecule has 0 aliphatic heterocycles. The fourth-order valence-corrected chi connectivity index (χ4v) is 3.87. The van der Waals surface area contributed by atoms with Gasteiger partial charge in [-0.2, -0.15) is 4.98 Å². The van der Waals surface area contributed by atoms with Crippen LogP contribution < -0.4 is 20.7 Å². The summed E-state index contributed by atoms with van der Waals surface area (Å²) in [7, 11) is 1.55. The van der Waals surface area contributed by atoms with E-state index in [0.717, 1.165) is 4.57 Å². The summed E-state index contributed by atoms with van der Waals surface area (Å²) in [6, 6.07) is 16.1. The molecule has 182 valence electrons. The van der Waals surface area contributed by atoms with Gasteiger partial charge >= 0.3 is 5.69 Å². The highest BCUT2D eigenvalue weighted by Gasteiger charge is 2.16. The Kier molecular flexibility index (Phi) is 6.07. The number of methoxy groups -OCH3 is 1. The van der Waals surface area contributed by atoms with E-state index >= 15 is 0 Å². The van der Waals surface area contributed by atoms with Gasteiger partial charge < -0.3 is 19.0 Å². The maximum absolute atomic E-state index is 14.1. The van der Waals surface area contributed by atoms with Crippen LogP contribution in [0.4, 0.5) is 4.39 Å². The highest BCUT2D eigenvalue weighted by Crippen LogP contribution is 2.32. The van der Waals surface area contributed by atoms with Crippen LogP contribution in [0.3, 0.4) is 0 Å². The van der Waals surface area contributed by atoms with Crippen molar-refractivity contribution < 1.29 is 18.4 Å². The number of aromatic amines is 1. The largest absolute Gasteiger partial charge is 0.493 e. The van der Waals surface area contributed by atoms with Gasteiger partial charge in [0.15, 0.2) is 11.5 Å². The number of nitrogens with one attached hydrogen (secondary N) is 1. The third-order valence-electron chi connectivity index (χ3n) is 5.66. The van der Waals surface area contributed by atoms with Crippen molar-refractivity contribution in [3.63, 3.8) is 0 Å². The first-order chi connectivity index (χ1) is 17.5. The van der Waals surface area contributed by atoms with Gasteiger partial charge in [-0.25, -0.2) is 9.18 Å². The lowest BCUT2D eigenvalue weighted by molar-refractivity contribution is 0.311. The Bertz CT molecular complexity index is 1690. The lowest BCUT2D eigenvalue weighted by atomic mass is 10.1. The number of fused-ring (bicyclic) bond motifs is 1. The van der Waals surface area contributed by atoms with E-state index in [4.69, 9.17) is 14.0 Å². The minimum atomic E-state index is -0.652. The maximum Gasteiger partial charge on any atom is 0.329 e. The first kappa shape index (κ1) is 23.0. The van der Waals surface area contributed by atoms with Crippen LogP contribution in [0, 0.1) is 5.82 Å². The molecule has 0 atom stereocenters. The number of H-pyrrole nitrogens is 1. The number of hydrogen-bond acceptors (Lipinski definition) is 7. The zero-order valence-corrected chi connectivity index (χ0v) is 19.4. The standard InChI is InChI=1S/C26H21FN4O5/c1-3-35-21-11-9-15(13-22(21)34-2)23-29-24(36-30-23)16-8-10-18-20(12-16)28-26(33)31(25(18)32)14-17-6-4-5-7-19(17)27/h4-13H,3,14H2,1-2H3,(H,28,33). The Hall–Kier alpha value is -4.73. The molecule has 0 radical (unpaired) electrons. The van der Waals surface area contributed by atoms with Crippen LogP contribution in [-0.2, 0) is 6.54 Å². The molecule has 36 heavy (non-hydrogen) atoms. The fourth-order valence-electron chi connectivity index (χ4n) is 3.87. The third-order valence-corrected chi connectivity index (χ3v) is 5.66. The van der Waals surface area contributed by atoms with E-state index in [1.54, 1.807) is 55.6 Å². The van der Waals surface area contributed by atoms with E-state index in [1.807, 2.05) is 6.92 Å². The second kappa shape index (κ2) is 9.49. The van der Waals surface area contributed by atoms with Crippen LogP contribution in [0.25, 0.3) is 33.7 Å². The topological polar surface area (TPSA) is 112 Å². The molecule has 0 saturated heterocycles. The van der Waals surface area contributed by atoms with Crippen molar-refractivity contribution >= 4 is 10.9 Å². The number of ether oxygens (including phenoxy) is 2. The van der Waals surface area contributed by atoms with Gasteiger partial charge in [0.1, 0.15) is 5.82 Å². The van der Waals surface area contributed by atoms with Gasteiger partial charge in [0.25, 0.3) is 11.4 Å². The maximum atomic E-state index is 14.1. The van der Waals surface area contributed by atoms with Gasteiger partial charge in [-0.1, -0.05) is 23.4 Å². The minimum absolute atomic E-state index is 0.183. The van der Waals surface area contributed by atoms with Crippen molar-refractivity contribution in [2.75, 3.05) is 13.7 Å². The molecule has 3 aromatic carbocycles. The number of rotatable bonds is 7. The summed E-state index contributed by atoms with van der Waals surface area (Å²) in [5, 5.41) is 4.31. The molecule has 5 aromatic rings. The number of aromatic nitrogens is 4. The molecule has 0 unspecified atom stereocenters. The smallest absolute Gasteiger partial charge is 0.329 e. The summed E-state index contributed by atoms with van der Waals surface area (Å²) in [6.07, 6.45) is 0. The molecule has 0 bridgehead atoms. The molecule has 0 aliphatic carbocycles. The van der Waals surface area contributed by atoms with E-state index < -0.39 is 17.1 Å². The van der Waals surface area contributed by atoms with Crippen LogP contribution in [-0.4, -0.2) is 33.4 Å². The molecule has 9 nitrogen and oxygen atoms in total. The highest BCUT2D eigenvalue weighted by atomic mass is 19.1. The monoisotopic (exact) mass is 488 g/mol. The Morgan fingerprint density at radius 3 is 2.61 bits per heavy atom. The van der Waals surface area contributed by atoms with Crippen molar-refractivity contribution in [2.45, 2.75) is 13.5 Å². The number of hydrogen-bond donors (Lipinski definition) is 1. The summed E-state index contributed by atoms with van der Waals surface area (Å²) >= 11 is 0. The minimum Gasteiger partial charge on any atom is -0.493 e. The van der Waals surface area contributed by atoms with Crippen LogP contribution in [0.1, 0.15) is 12.5 Å². The summed E-state index contributed by atoms with van der Waals surface area (Å²) < 4.78 is 31.4. The molecule has 2 aromatic heterocycles. The van der Waals surface area contributed by atoms with Gasteiger partial charge in [-0.05, 0) is 49.4 Å². The van der Waals surface area contributed by atoms with Crippen molar-refractivity contribution in [2.24, 2.45) is 0 Å². The van der Waals surface area contributed by atoms with Gasteiger partial charge in [0, 0.05) is 16.7 Å². The molecule has 5 rings (SSSR count). The molecule has 0 amide bonds. The second-order valence-electron chi connectivity index (χ2n) is 7.90. The summed E-state index contributed by atoms with van der Waals surface area (Å²) in [4.78, 5) is 32.8. The quantitative estimate of drug-likeness (QED) is 0.368. The average Bonchev–Trinajstić information content (AvgIpc) is 3.38. The molecule has 0 spiro atoms. The van der Waals surface area contributed by atoms with Crippen molar-refractivity contribution in [1.29, 1.82) is 0 Å². The number of benzene rings is 3. The molecule has 2 heterocycles. The highest BCUT2D eigenvalue weighted by molar-refractivity contribution is 5.82. The lowest BCUT2D eigenvalue weighted by Crippen LogP contribution is -2.35. The normalized spacial score (nSPS) is 11.1. The average molecular weight is 488 g/mol. The summed E-state index contributed by atoms with van der Waals surface area (Å²) in [5.74, 6) is 1.19. The SMILES string of the molecule is CCOc1ccc(-c2noc(-c3ccc4c(=O)n(Cc5ccccc5F)c(=O)[nH]c4c3)n2)cc1OC. The van der Waals surface area contributed by atoms with Gasteiger partial charge in [-0.3, -0.25) is 9.36 Å². The molecule has 1 N–H and O–H groups in total. The second-order valence-corrected chi connectivity index (χ2v) is 7.90.